The number of hydrogen-bond donors (Lipinski definition) is 0. The first-order valence-corrected chi connectivity index (χ1v) is 21.2. The van der Waals surface area contributed by atoms with Crippen LogP contribution >= 0.6 is 22.7 Å². The Morgan fingerprint density at radius 3 is 1.66 bits per heavy atom. The highest BCUT2D eigenvalue weighted by Crippen LogP contribution is 2.49. The number of nitrogens with zero attached hydrogens (tertiary/aromatic N) is 1. The topological polar surface area (TPSA) is 16.4 Å². The highest BCUT2D eigenvalue weighted by molar-refractivity contribution is 7.26. The molecule has 0 unspecified atom stereocenters. The molecular formula is C54H33NOS2. The molecule has 0 aliphatic rings. The Kier molecular flexibility index (Phi) is 7.62. The zero-order valence-corrected chi connectivity index (χ0v) is 32.9. The molecule has 0 N–H and O–H groups in total. The molecule has 272 valence electrons. The predicted octanol–water partition coefficient (Wildman–Crippen LogP) is 16.8. The molecule has 0 aliphatic heterocycles. The maximum absolute atomic E-state index is 6.46. The van der Waals surface area contributed by atoms with Gasteiger partial charge in [-0.2, -0.15) is 0 Å². The Labute approximate surface area is 343 Å². The fourth-order valence-electron chi connectivity index (χ4n) is 8.81. The van der Waals surface area contributed by atoms with Gasteiger partial charge >= 0.3 is 0 Å². The van der Waals surface area contributed by atoms with E-state index in [-0.39, 0.29) is 0 Å². The van der Waals surface area contributed by atoms with Crippen LogP contribution in [0, 0.1) is 0 Å². The number of benzene rings is 9. The summed E-state index contributed by atoms with van der Waals surface area (Å²) >= 11 is 3.74. The van der Waals surface area contributed by atoms with Crippen molar-refractivity contribution >= 4 is 102 Å². The van der Waals surface area contributed by atoms with Gasteiger partial charge in [0.25, 0.3) is 0 Å². The predicted molar refractivity (Wildman–Crippen MR) is 250 cm³/mol. The number of anilines is 3. The van der Waals surface area contributed by atoms with E-state index < -0.39 is 0 Å². The Morgan fingerprint density at radius 2 is 0.897 bits per heavy atom. The summed E-state index contributed by atoms with van der Waals surface area (Å²) in [5, 5.41) is 7.47. The molecule has 3 heterocycles. The molecule has 0 aliphatic carbocycles. The molecule has 0 spiro atoms. The number of para-hydroxylation sites is 2. The van der Waals surface area contributed by atoms with Gasteiger partial charge in [0.15, 0.2) is 0 Å². The second-order valence-electron chi connectivity index (χ2n) is 14.8. The molecule has 58 heavy (non-hydrogen) atoms. The highest BCUT2D eigenvalue weighted by Gasteiger charge is 2.22. The Hall–Kier alpha value is -6.98. The van der Waals surface area contributed by atoms with Gasteiger partial charge in [0.2, 0.25) is 0 Å². The SMILES string of the molecule is c1ccc(-c2ccc(N(c3ccc(-c4cccc5c4oc4ccccc45)cc3)c3ccc(-c4cccc5c4sc4ccccc45)cc3)c3sc4ccccc4c23)cc1. The van der Waals surface area contributed by atoms with Crippen LogP contribution < -0.4 is 4.90 Å². The van der Waals surface area contributed by atoms with Crippen LogP contribution in [-0.4, -0.2) is 0 Å². The lowest BCUT2D eigenvalue weighted by molar-refractivity contribution is 0.670. The minimum Gasteiger partial charge on any atom is -0.455 e. The van der Waals surface area contributed by atoms with E-state index in [1.165, 1.54) is 62.6 Å². The zero-order chi connectivity index (χ0) is 38.2. The minimum absolute atomic E-state index is 0.908. The second kappa shape index (κ2) is 13.3. The smallest absolute Gasteiger partial charge is 0.143 e. The van der Waals surface area contributed by atoms with E-state index >= 15 is 0 Å². The van der Waals surface area contributed by atoms with E-state index in [2.05, 4.69) is 193 Å². The van der Waals surface area contributed by atoms with Crippen LogP contribution in [0.4, 0.5) is 17.1 Å². The van der Waals surface area contributed by atoms with Gasteiger partial charge in [0.05, 0.1) is 10.4 Å². The number of rotatable bonds is 6. The van der Waals surface area contributed by atoms with Crippen LogP contribution in [0.3, 0.4) is 0 Å². The summed E-state index contributed by atoms with van der Waals surface area (Å²) in [6, 6.07) is 72.5. The van der Waals surface area contributed by atoms with Gasteiger partial charge in [-0.1, -0.05) is 152 Å². The summed E-state index contributed by atoms with van der Waals surface area (Å²) in [5.74, 6) is 0. The molecule has 2 nitrogen and oxygen atoms in total. The number of furan rings is 1. The van der Waals surface area contributed by atoms with E-state index in [4.69, 9.17) is 4.42 Å². The normalized spacial score (nSPS) is 11.8. The van der Waals surface area contributed by atoms with Crippen LogP contribution in [0.25, 0.3) is 95.7 Å². The first-order chi connectivity index (χ1) is 28.8. The van der Waals surface area contributed by atoms with Crippen molar-refractivity contribution in [1.29, 1.82) is 0 Å². The highest BCUT2D eigenvalue weighted by atomic mass is 32.1. The molecule has 3 aromatic heterocycles. The largest absolute Gasteiger partial charge is 0.455 e. The third-order valence-corrected chi connectivity index (χ3v) is 13.9. The van der Waals surface area contributed by atoms with Crippen molar-refractivity contribution in [1.82, 2.24) is 0 Å². The lowest BCUT2D eigenvalue weighted by atomic mass is 9.98. The summed E-state index contributed by atoms with van der Waals surface area (Å²) in [5.41, 5.74) is 12.3. The molecule has 4 heteroatoms. The number of hydrogen-bond acceptors (Lipinski definition) is 4. The first-order valence-electron chi connectivity index (χ1n) is 19.6. The van der Waals surface area contributed by atoms with Crippen molar-refractivity contribution in [2.75, 3.05) is 4.90 Å². The third kappa shape index (κ3) is 5.23. The molecule has 0 saturated heterocycles. The molecule has 9 aromatic carbocycles. The van der Waals surface area contributed by atoms with Gasteiger partial charge < -0.3 is 9.32 Å². The average molecular weight is 776 g/mol. The van der Waals surface area contributed by atoms with E-state index in [1.807, 2.05) is 34.8 Å². The van der Waals surface area contributed by atoms with Crippen LogP contribution in [0.15, 0.2) is 205 Å². The van der Waals surface area contributed by atoms with Crippen molar-refractivity contribution < 1.29 is 4.42 Å². The molecule has 12 aromatic rings. The Balaban J connectivity index is 1.04. The van der Waals surface area contributed by atoms with Crippen LogP contribution in [0.5, 0.6) is 0 Å². The van der Waals surface area contributed by atoms with Crippen LogP contribution in [0.1, 0.15) is 0 Å². The van der Waals surface area contributed by atoms with Crippen molar-refractivity contribution in [3.05, 3.63) is 200 Å². The van der Waals surface area contributed by atoms with E-state index in [0.717, 1.165) is 50.1 Å². The second-order valence-corrected chi connectivity index (χ2v) is 16.9. The fourth-order valence-corrected chi connectivity index (χ4v) is 11.3. The quantitative estimate of drug-likeness (QED) is 0.167. The van der Waals surface area contributed by atoms with E-state index in [0.29, 0.717) is 0 Å². The van der Waals surface area contributed by atoms with Gasteiger partial charge in [-0.15, -0.1) is 22.7 Å². The Morgan fingerprint density at radius 1 is 0.345 bits per heavy atom. The zero-order valence-electron chi connectivity index (χ0n) is 31.2. The van der Waals surface area contributed by atoms with Gasteiger partial charge in [0.1, 0.15) is 11.2 Å². The van der Waals surface area contributed by atoms with Crippen LogP contribution in [-0.2, 0) is 0 Å². The molecule has 0 radical (unpaired) electrons. The summed E-state index contributed by atoms with van der Waals surface area (Å²) < 4.78 is 11.6. The lowest BCUT2D eigenvalue weighted by Crippen LogP contribution is -2.10. The molecule has 12 rings (SSSR count). The monoisotopic (exact) mass is 775 g/mol. The molecular weight excluding hydrogens is 743 g/mol. The summed E-state index contributed by atoms with van der Waals surface area (Å²) in [6.07, 6.45) is 0. The van der Waals surface area contributed by atoms with Crippen molar-refractivity contribution in [2.45, 2.75) is 0 Å². The van der Waals surface area contributed by atoms with Gasteiger partial charge in [0, 0.05) is 63.4 Å². The van der Waals surface area contributed by atoms with Gasteiger partial charge in [-0.3, -0.25) is 0 Å². The Bertz CT molecular complexity index is 3340. The minimum atomic E-state index is 0.908. The first kappa shape index (κ1) is 33.2. The summed E-state index contributed by atoms with van der Waals surface area (Å²) in [6.45, 7) is 0. The summed E-state index contributed by atoms with van der Waals surface area (Å²) in [7, 11) is 0. The fraction of sp³-hybridized carbons (Fsp3) is 0. The van der Waals surface area contributed by atoms with E-state index in [9.17, 15) is 0 Å². The molecule has 0 saturated carbocycles. The average Bonchev–Trinajstić information content (AvgIpc) is 3.99. The van der Waals surface area contributed by atoms with Gasteiger partial charge in [-0.05, 0) is 76.3 Å². The van der Waals surface area contributed by atoms with Crippen molar-refractivity contribution in [2.24, 2.45) is 0 Å². The number of fused-ring (bicyclic) bond motifs is 9. The van der Waals surface area contributed by atoms with Crippen molar-refractivity contribution in [3.63, 3.8) is 0 Å². The van der Waals surface area contributed by atoms with Crippen LogP contribution in [0.2, 0.25) is 0 Å². The molecule has 0 bridgehead atoms. The maximum atomic E-state index is 6.46. The number of thiophene rings is 2. The molecule has 0 amide bonds. The standard InChI is InChI=1S/C54H33NOS2/c1-2-12-34(13-3-1)39-32-33-47(54-51(39)46-16-6-9-23-50(46)58-54)55(37-28-24-35(25-29-37)40-17-10-19-44-42-14-4-7-21-48(42)56-52(40)44)38-30-26-36(27-31-38)41-18-11-20-45-43-15-5-8-22-49(43)57-53(41)45/h1-33H. The summed E-state index contributed by atoms with van der Waals surface area (Å²) in [4.78, 5) is 2.43. The van der Waals surface area contributed by atoms with E-state index in [1.54, 1.807) is 0 Å². The molecule has 0 atom stereocenters. The maximum Gasteiger partial charge on any atom is 0.143 e. The van der Waals surface area contributed by atoms with Gasteiger partial charge in [-0.25, -0.2) is 0 Å². The third-order valence-electron chi connectivity index (χ3n) is 11.5. The molecule has 0 fully saturated rings. The van der Waals surface area contributed by atoms with Crippen molar-refractivity contribution in [3.8, 4) is 33.4 Å². The lowest BCUT2D eigenvalue weighted by Gasteiger charge is -2.27.